The average molecular weight is 447 g/mol. The van der Waals surface area contributed by atoms with E-state index in [1.165, 1.54) is 11.1 Å². The molecule has 3 heterocycles. The quantitative estimate of drug-likeness (QED) is 0.478. The van der Waals surface area contributed by atoms with Gasteiger partial charge in [-0.05, 0) is 69.7 Å². The van der Waals surface area contributed by atoms with Crippen LogP contribution < -0.4 is 5.32 Å². The maximum Gasteiger partial charge on any atom is 0.325 e. The molecule has 0 spiro atoms. The molecule has 1 aliphatic carbocycles. The molecule has 1 N–H and O–H groups in total. The number of carbonyl (C=O) groups excluding carboxylic acids is 3. The van der Waals surface area contributed by atoms with E-state index >= 15 is 0 Å². The van der Waals surface area contributed by atoms with Crippen molar-refractivity contribution in [3.63, 3.8) is 0 Å². The lowest BCUT2D eigenvalue weighted by Gasteiger charge is -2.23. The predicted molar refractivity (Wildman–Crippen MR) is 120 cm³/mol. The summed E-state index contributed by atoms with van der Waals surface area (Å²) in [7, 11) is 0. The molecule has 0 unspecified atom stereocenters. The van der Waals surface area contributed by atoms with E-state index in [0.717, 1.165) is 35.4 Å². The van der Waals surface area contributed by atoms with Gasteiger partial charge in [0.2, 0.25) is 0 Å². The van der Waals surface area contributed by atoms with Crippen molar-refractivity contribution in [3.05, 3.63) is 69.7 Å². The summed E-state index contributed by atoms with van der Waals surface area (Å²) in [6.45, 7) is 6.85. The van der Waals surface area contributed by atoms with Crippen LogP contribution in [0.15, 0.2) is 34.9 Å². The monoisotopic (exact) mass is 446 g/mol. The van der Waals surface area contributed by atoms with E-state index in [0.29, 0.717) is 22.8 Å². The molecule has 0 bridgehead atoms. The molecule has 2 aromatic heterocycles. The summed E-state index contributed by atoms with van der Waals surface area (Å²) in [5.41, 5.74) is 4.01. The molecule has 8 nitrogen and oxygen atoms in total. The third kappa shape index (κ3) is 3.28. The minimum absolute atomic E-state index is 0.309. The van der Waals surface area contributed by atoms with Crippen LogP contribution in [0.5, 0.6) is 0 Å². The molecule has 33 heavy (non-hydrogen) atoms. The number of benzene rings is 1. The number of fused-ring (bicyclic) bond motifs is 1. The molecule has 0 saturated carbocycles. The number of carbonyl (C=O) groups is 3. The van der Waals surface area contributed by atoms with Crippen molar-refractivity contribution in [3.8, 4) is 5.82 Å². The Kier molecular flexibility index (Phi) is 4.77. The van der Waals surface area contributed by atoms with Gasteiger partial charge in [0.25, 0.3) is 5.91 Å². The molecule has 0 radical (unpaired) electrons. The van der Waals surface area contributed by atoms with Gasteiger partial charge in [-0.25, -0.2) is 4.79 Å². The molecule has 1 saturated heterocycles. The Labute approximate surface area is 191 Å². The zero-order chi connectivity index (χ0) is 23.5. The van der Waals surface area contributed by atoms with Crippen molar-refractivity contribution in [2.45, 2.75) is 52.5 Å². The molecule has 1 fully saturated rings. The van der Waals surface area contributed by atoms with Crippen LogP contribution in [0.2, 0.25) is 0 Å². The second-order valence-electron chi connectivity index (χ2n) is 9.12. The highest BCUT2D eigenvalue weighted by atomic mass is 16.5. The van der Waals surface area contributed by atoms with E-state index in [2.05, 4.69) is 10.5 Å². The fourth-order valence-corrected chi connectivity index (χ4v) is 5.00. The second kappa shape index (κ2) is 7.43. The maximum absolute atomic E-state index is 13.3. The Balaban J connectivity index is 1.40. The van der Waals surface area contributed by atoms with E-state index in [-0.39, 0.29) is 12.3 Å². The van der Waals surface area contributed by atoms with Crippen LogP contribution in [-0.4, -0.2) is 38.9 Å². The average Bonchev–Trinajstić information content (AvgIpc) is 3.52. The smallest absolute Gasteiger partial charge is 0.325 e. The van der Waals surface area contributed by atoms with Crippen molar-refractivity contribution in [2.24, 2.45) is 0 Å². The van der Waals surface area contributed by atoms with E-state index in [9.17, 15) is 14.4 Å². The van der Waals surface area contributed by atoms with Crippen LogP contribution in [0.3, 0.4) is 0 Å². The van der Waals surface area contributed by atoms with Gasteiger partial charge in [0.05, 0.1) is 6.54 Å². The number of nitrogens with zero attached hydrogens (tertiary/aromatic N) is 3. The standard InChI is InChI=1S/C25H26N4O4/c1-14-10-20(16(3)29(14)22-11-15(2)33-27-22)21(30)13-28-23(31)25(4,26-24(28)32)19-9-8-17-6-5-7-18(17)12-19/h8-12H,5-7,13H2,1-4H3,(H,26,32)/t25-/m0/s1. The van der Waals surface area contributed by atoms with Crippen molar-refractivity contribution >= 4 is 17.7 Å². The second-order valence-corrected chi connectivity index (χ2v) is 9.12. The molecule has 5 rings (SSSR count). The molecule has 3 aromatic rings. The van der Waals surface area contributed by atoms with Crippen LogP contribution in [0.25, 0.3) is 5.82 Å². The first-order valence-corrected chi connectivity index (χ1v) is 11.1. The molecule has 170 valence electrons. The summed E-state index contributed by atoms with van der Waals surface area (Å²) in [6, 6.07) is 8.93. The SMILES string of the molecule is Cc1cc(-n2c(C)cc(C(=O)CN3C(=O)N[C@@](C)(c4ccc5c(c4)CCC5)C3=O)c2C)no1. The zero-order valence-corrected chi connectivity index (χ0v) is 19.2. The van der Waals surface area contributed by atoms with Gasteiger partial charge in [0.15, 0.2) is 11.6 Å². The summed E-state index contributed by atoms with van der Waals surface area (Å²) in [6.07, 6.45) is 3.12. The van der Waals surface area contributed by atoms with Gasteiger partial charge in [-0.2, -0.15) is 0 Å². The van der Waals surface area contributed by atoms with Gasteiger partial charge >= 0.3 is 6.03 Å². The van der Waals surface area contributed by atoms with Gasteiger partial charge in [-0.3, -0.25) is 19.1 Å². The van der Waals surface area contributed by atoms with Crippen LogP contribution in [0.1, 0.15) is 57.5 Å². The Morgan fingerprint density at radius 2 is 1.88 bits per heavy atom. The number of aromatic nitrogens is 2. The van der Waals surface area contributed by atoms with Gasteiger partial charge in [-0.1, -0.05) is 23.4 Å². The molecule has 8 heteroatoms. The highest BCUT2D eigenvalue weighted by Crippen LogP contribution is 2.33. The number of ketones is 1. The highest BCUT2D eigenvalue weighted by molar-refractivity contribution is 6.11. The minimum atomic E-state index is -1.19. The van der Waals surface area contributed by atoms with Crippen molar-refractivity contribution in [1.29, 1.82) is 0 Å². The first kappa shape index (κ1) is 21.2. The number of urea groups is 1. The maximum atomic E-state index is 13.3. The van der Waals surface area contributed by atoms with Crippen LogP contribution >= 0.6 is 0 Å². The Hall–Kier alpha value is -3.68. The van der Waals surface area contributed by atoms with Crippen LogP contribution in [-0.2, 0) is 23.2 Å². The number of Topliss-reactive ketones (excluding diaryl/α,β-unsaturated/α-hetero) is 1. The number of hydrogen-bond donors (Lipinski definition) is 1. The van der Waals surface area contributed by atoms with Crippen LogP contribution in [0, 0.1) is 20.8 Å². The van der Waals surface area contributed by atoms with Crippen molar-refractivity contribution < 1.29 is 18.9 Å². The number of imide groups is 1. The molecule has 1 aliphatic heterocycles. The predicted octanol–water partition coefficient (Wildman–Crippen LogP) is 3.53. The summed E-state index contributed by atoms with van der Waals surface area (Å²) in [4.78, 5) is 40.3. The van der Waals surface area contributed by atoms with Gasteiger partial charge in [-0.15, -0.1) is 0 Å². The third-order valence-electron chi connectivity index (χ3n) is 6.83. The molecule has 1 aromatic carbocycles. The van der Waals surface area contributed by atoms with E-state index in [1.54, 1.807) is 26.0 Å². The Bertz CT molecular complexity index is 1320. The lowest BCUT2D eigenvalue weighted by atomic mass is 9.89. The summed E-state index contributed by atoms with van der Waals surface area (Å²) < 4.78 is 6.99. The minimum Gasteiger partial charge on any atom is -0.360 e. The summed E-state index contributed by atoms with van der Waals surface area (Å²) in [5, 5.41) is 6.84. The molecule has 1 atom stereocenters. The molecule has 2 aliphatic rings. The van der Waals surface area contributed by atoms with Crippen molar-refractivity contribution in [2.75, 3.05) is 6.54 Å². The Morgan fingerprint density at radius 3 is 2.61 bits per heavy atom. The first-order valence-electron chi connectivity index (χ1n) is 11.1. The summed E-state index contributed by atoms with van der Waals surface area (Å²) >= 11 is 0. The number of aryl methyl sites for hydroxylation is 4. The highest BCUT2D eigenvalue weighted by Gasteiger charge is 2.49. The van der Waals surface area contributed by atoms with Gasteiger partial charge < -0.3 is 9.84 Å². The Morgan fingerprint density at radius 1 is 1.12 bits per heavy atom. The lowest BCUT2D eigenvalue weighted by Crippen LogP contribution is -2.41. The van der Waals surface area contributed by atoms with E-state index < -0.39 is 17.5 Å². The first-order chi connectivity index (χ1) is 15.7. The van der Waals surface area contributed by atoms with Crippen LogP contribution in [0.4, 0.5) is 4.79 Å². The topological polar surface area (TPSA) is 97.4 Å². The fourth-order valence-electron chi connectivity index (χ4n) is 5.00. The number of amides is 3. The molecule has 3 amide bonds. The number of hydrogen-bond acceptors (Lipinski definition) is 5. The molecular weight excluding hydrogens is 420 g/mol. The number of nitrogens with one attached hydrogen (secondary N) is 1. The van der Waals surface area contributed by atoms with Crippen molar-refractivity contribution in [1.82, 2.24) is 19.9 Å². The van der Waals surface area contributed by atoms with Gasteiger partial charge in [0, 0.05) is 23.0 Å². The summed E-state index contributed by atoms with van der Waals surface area (Å²) in [5.74, 6) is 0.521. The van der Waals surface area contributed by atoms with E-state index in [4.69, 9.17) is 4.52 Å². The number of rotatable bonds is 5. The zero-order valence-electron chi connectivity index (χ0n) is 19.2. The van der Waals surface area contributed by atoms with E-state index in [1.807, 2.05) is 36.6 Å². The largest absolute Gasteiger partial charge is 0.360 e. The van der Waals surface area contributed by atoms with Gasteiger partial charge in [0.1, 0.15) is 11.3 Å². The third-order valence-corrected chi connectivity index (χ3v) is 6.83. The normalized spacial score (nSPS) is 19.8. The fraction of sp³-hybridized carbons (Fsp3) is 0.360. The lowest BCUT2D eigenvalue weighted by molar-refractivity contribution is -0.130. The molecular formula is C25H26N4O4.